The molecule has 0 unspecified atom stereocenters. The fourth-order valence-electron chi connectivity index (χ4n) is 2.95. The van der Waals surface area contributed by atoms with E-state index in [4.69, 9.17) is 4.74 Å². The first-order valence-electron chi connectivity index (χ1n) is 8.38. The van der Waals surface area contributed by atoms with Crippen LogP contribution in [0.15, 0.2) is 43.0 Å². The van der Waals surface area contributed by atoms with Crippen molar-refractivity contribution >= 4 is 5.91 Å². The van der Waals surface area contributed by atoms with Gasteiger partial charge in [-0.1, -0.05) is 6.07 Å². The summed E-state index contributed by atoms with van der Waals surface area (Å²) < 4.78 is 20.6. The summed E-state index contributed by atoms with van der Waals surface area (Å²) in [6.07, 6.45) is 6.91. The molecule has 0 radical (unpaired) electrons. The molecule has 1 aliphatic heterocycles. The number of carbonyl (C=O) groups is 1. The first kappa shape index (κ1) is 17.4. The number of aromatic nitrogens is 2. The van der Waals surface area contributed by atoms with Gasteiger partial charge in [-0.25, -0.2) is 9.37 Å². The molecule has 1 amide bonds. The number of nitrogens with zero attached hydrogens (tertiary/aromatic N) is 3. The molecule has 2 heterocycles. The van der Waals surface area contributed by atoms with Gasteiger partial charge in [0.1, 0.15) is 23.8 Å². The molecule has 1 aromatic heterocycles. The van der Waals surface area contributed by atoms with E-state index in [1.54, 1.807) is 29.6 Å². The van der Waals surface area contributed by atoms with Crippen LogP contribution in [0.3, 0.4) is 0 Å². The molecule has 1 atom stereocenters. The Morgan fingerprint density at radius 3 is 3.08 bits per heavy atom. The Labute approximate surface area is 145 Å². The van der Waals surface area contributed by atoms with Crippen LogP contribution in [0.25, 0.3) is 0 Å². The highest BCUT2D eigenvalue weighted by atomic mass is 19.1. The number of β-amino-alcohol motifs (C(OH)–C–C–N with tert-alkyl or cyclic N) is 1. The predicted octanol–water partition coefficient (Wildman–Crippen LogP) is 1.84. The van der Waals surface area contributed by atoms with Gasteiger partial charge in [-0.3, -0.25) is 4.79 Å². The molecular formula is C18H22FN3O3. The second kappa shape index (κ2) is 7.65. The van der Waals surface area contributed by atoms with E-state index < -0.39 is 5.60 Å². The van der Waals surface area contributed by atoms with Gasteiger partial charge in [-0.05, 0) is 25.0 Å². The van der Waals surface area contributed by atoms with Gasteiger partial charge in [0.15, 0.2) is 0 Å². The number of aliphatic hydroxyl groups is 1. The Bertz CT molecular complexity index is 707. The molecule has 1 saturated heterocycles. The number of benzene rings is 1. The topological polar surface area (TPSA) is 67.6 Å². The van der Waals surface area contributed by atoms with Gasteiger partial charge < -0.3 is 19.3 Å². The first-order valence-corrected chi connectivity index (χ1v) is 8.38. The fraction of sp³-hybridized carbons (Fsp3) is 0.444. The lowest BCUT2D eigenvalue weighted by Crippen LogP contribution is -2.40. The van der Waals surface area contributed by atoms with Crippen LogP contribution in [0, 0.1) is 5.82 Å². The average Bonchev–Trinajstić information content (AvgIpc) is 3.23. The maximum Gasteiger partial charge on any atom is 0.222 e. The standard InChI is InChI=1S/C18H22FN3O3/c19-15-3-1-4-16(11-15)25-13-18(24)6-9-22(12-18)17(23)5-2-8-21-10-7-20-14-21/h1,3-4,7,10-11,14,24H,2,5-6,8-9,12-13H2/t18-/m0/s1. The Hall–Kier alpha value is -2.41. The van der Waals surface area contributed by atoms with Gasteiger partial charge in [-0.2, -0.15) is 0 Å². The molecule has 0 bridgehead atoms. The van der Waals surface area contributed by atoms with Crippen molar-refractivity contribution in [1.29, 1.82) is 0 Å². The van der Waals surface area contributed by atoms with Crippen molar-refractivity contribution in [3.05, 3.63) is 48.8 Å². The van der Waals surface area contributed by atoms with Crippen LogP contribution in [0.4, 0.5) is 4.39 Å². The molecule has 6 nitrogen and oxygen atoms in total. The largest absolute Gasteiger partial charge is 0.490 e. The van der Waals surface area contributed by atoms with Gasteiger partial charge in [0.25, 0.3) is 0 Å². The van der Waals surface area contributed by atoms with E-state index >= 15 is 0 Å². The molecule has 2 aromatic rings. The minimum absolute atomic E-state index is 0.0294. The van der Waals surface area contributed by atoms with E-state index in [1.807, 2.05) is 10.8 Å². The number of hydrogen-bond acceptors (Lipinski definition) is 4. The van der Waals surface area contributed by atoms with Crippen molar-refractivity contribution in [3.8, 4) is 5.75 Å². The van der Waals surface area contributed by atoms with Gasteiger partial charge in [0.2, 0.25) is 5.91 Å². The fourth-order valence-corrected chi connectivity index (χ4v) is 2.95. The minimum atomic E-state index is -1.09. The van der Waals surface area contributed by atoms with Crippen LogP contribution in [0.2, 0.25) is 0 Å². The summed E-state index contributed by atoms with van der Waals surface area (Å²) in [5.41, 5.74) is -1.09. The van der Waals surface area contributed by atoms with Crippen molar-refractivity contribution in [2.24, 2.45) is 0 Å². The quantitative estimate of drug-likeness (QED) is 0.830. The molecule has 1 fully saturated rings. The van der Waals surface area contributed by atoms with Crippen molar-refractivity contribution in [2.45, 2.75) is 31.4 Å². The summed E-state index contributed by atoms with van der Waals surface area (Å²) in [5, 5.41) is 10.6. The first-order chi connectivity index (χ1) is 12.0. The van der Waals surface area contributed by atoms with Crippen molar-refractivity contribution < 1.29 is 19.0 Å². The molecule has 134 valence electrons. The minimum Gasteiger partial charge on any atom is -0.490 e. The highest BCUT2D eigenvalue weighted by molar-refractivity contribution is 5.76. The zero-order chi connectivity index (χ0) is 17.7. The lowest BCUT2D eigenvalue weighted by atomic mass is 10.1. The summed E-state index contributed by atoms with van der Waals surface area (Å²) in [5.74, 6) is 0.0194. The molecule has 0 aliphatic carbocycles. The number of amides is 1. The van der Waals surface area contributed by atoms with E-state index in [-0.39, 0.29) is 24.9 Å². The average molecular weight is 347 g/mol. The number of imidazole rings is 1. The smallest absolute Gasteiger partial charge is 0.222 e. The predicted molar refractivity (Wildman–Crippen MR) is 89.5 cm³/mol. The Morgan fingerprint density at radius 1 is 1.44 bits per heavy atom. The lowest BCUT2D eigenvalue weighted by molar-refractivity contribution is -0.131. The molecule has 1 aromatic carbocycles. The SMILES string of the molecule is O=C(CCCn1ccnc1)N1CC[C@@](O)(COc2cccc(F)c2)C1. The van der Waals surface area contributed by atoms with Crippen LogP contribution < -0.4 is 4.74 Å². The van der Waals surface area contributed by atoms with Gasteiger partial charge in [0.05, 0.1) is 12.9 Å². The zero-order valence-electron chi connectivity index (χ0n) is 14.0. The Kier molecular flexibility index (Phi) is 5.33. The maximum atomic E-state index is 13.2. The monoisotopic (exact) mass is 347 g/mol. The van der Waals surface area contributed by atoms with E-state index in [1.165, 1.54) is 12.1 Å². The van der Waals surface area contributed by atoms with Crippen molar-refractivity contribution in [1.82, 2.24) is 14.5 Å². The number of hydrogen-bond donors (Lipinski definition) is 1. The third-order valence-electron chi connectivity index (χ3n) is 4.35. The molecule has 1 aliphatic rings. The molecule has 3 rings (SSSR count). The number of aryl methyl sites for hydroxylation is 1. The van der Waals surface area contributed by atoms with E-state index in [0.29, 0.717) is 25.1 Å². The van der Waals surface area contributed by atoms with E-state index in [9.17, 15) is 14.3 Å². The molecule has 7 heteroatoms. The summed E-state index contributed by atoms with van der Waals surface area (Å²) in [6, 6.07) is 5.80. The van der Waals surface area contributed by atoms with Gasteiger partial charge >= 0.3 is 0 Å². The number of likely N-dealkylation sites (tertiary alicyclic amines) is 1. The Balaban J connectivity index is 1.44. The number of ether oxygens (including phenoxy) is 1. The second-order valence-electron chi connectivity index (χ2n) is 6.44. The van der Waals surface area contributed by atoms with Crippen LogP contribution >= 0.6 is 0 Å². The molecule has 25 heavy (non-hydrogen) atoms. The molecule has 0 spiro atoms. The van der Waals surface area contributed by atoms with Crippen LogP contribution in [0.1, 0.15) is 19.3 Å². The summed E-state index contributed by atoms with van der Waals surface area (Å²) in [4.78, 5) is 17.9. The lowest BCUT2D eigenvalue weighted by Gasteiger charge is -2.23. The third-order valence-corrected chi connectivity index (χ3v) is 4.35. The van der Waals surface area contributed by atoms with Crippen molar-refractivity contribution in [3.63, 3.8) is 0 Å². The zero-order valence-corrected chi connectivity index (χ0v) is 14.0. The summed E-state index contributed by atoms with van der Waals surface area (Å²) in [7, 11) is 0. The maximum absolute atomic E-state index is 13.2. The molecule has 0 saturated carbocycles. The van der Waals surface area contributed by atoms with Gasteiger partial charge in [0, 0.05) is 38.0 Å². The van der Waals surface area contributed by atoms with E-state index in [2.05, 4.69) is 4.98 Å². The second-order valence-corrected chi connectivity index (χ2v) is 6.44. The molecular weight excluding hydrogens is 325 g/mol. The van der Waals surface area contributed by atoms with E-state index in [0.717, 1.165) is 13.0 Å². The highest BCUT2D eigenvalue weighted by Crippen LogP contribution is 2.24. The number of rotatable bonds is 7. The van der Waals surface area contributed by atoms with Crippen molar-refractivity contribution in [2.75, 3.05) is 19.7 Å². The highest BCUT2D eigenvalue weighted by Gasteiger charge is 2.38. The molecule has 1 N–H and O–H groups in total. The van der Waals surface area contributed by atoms with Crippen LogP contribution in [-0.4, -0.2) is 50.8 Å². The summed E-state index contributed by atoms with van der Waals surface area (Å²) in [6.45, 7) is 1.53. The normalized spacial score (nSPS) is 20.0. The summed E-state index contributed by atoms with van der Waals surface area (Å²) >= 11 is 0. The number of carbonyl (C=O) groups excluding carboxylic acids is 1. The van der Waals surface area contributed by atoms with Gasteiger partial charge in [-0.15, -0.1) is 0 Å². The Morgan fingerprint density at radius 2 is 2.32 bits per heavy atom. The third kappa shape index (κ3) is 4.79. The number of halogens is 1. The van der Waals surface area contributed by atoms with Crippen LogP contribution in [0.5, 0.6) is 5.75 Å². The van der Waals surface area contributed by atoms with Crippen LogP contribution in [-0.2, 0) is 11.3 Å².